The molecule has 0 saturated heterocycles. The lowest BCUT2D eigenvalue weighted by molar-refractivity contribution is 0.416. The number of nitrogens with two attached hydrogens (primary N) is 1. The van der Waals surface area contributed by atoms with E-state index >= 15 is 0 Å². The van der Waals surface area contributed by atoms with E-state index in [0.29, 0.717) is 6.54 Å². The maximum Gasteiger partial charge on any atom is 0.126 e. The van der Waals surface area contributed by atoms with Crippen LogP contribution in [0.4, 0.5) is 0 Å². The van der Waals surface area contributed by atoms with Crippen LogP contribution < -0.4 is 10.5 Å². The number of benzene rings is 2. The van der Waals surface area contributed by atoms with Crippen LogP contribution in [0, 0.1) is 0 Å². The topological polar surface area (TPSA) is 35.2 Å². The van der Waals surface area contributed by atoms with E-state index in [1.165, 1.54) is 0 Å². The van der Waals surface area contributed by atoms with Crippen molar-refractivity contribution in [1.82, 2.24) is 0 Å². The lowest BCUT2D eigenvalue weighted by atomic mass is 10.0. The van der Waals surface area contributed by atoms with Gasteiger partial charge in [-0.1, -0.05) is 40.2 Å². The zero-order chi connectivity index (χ0) is 12.3. The molecular weight excluding hydrogens is 278 g/mol. The van der Waals surface area contributed by atoms with Crippen LogP contribution in [0.2, 0.25) is 0 Å². The van der Waals surface area contributed by atoms with E-state index in [4.69, 9.17) is 10.5 Å². The number of hydrogen-bond acceptors (Lipinski definition) is 2. The highest BCUT2D eigenvalue weighted by Gasteiger charge is 2.06. The molecule has 2 rings (SSSR count). The molecular formula is C14H14BrNO. The average molecular weight is 292 g/mol. The molecule has 2 N–H and O–H groups in total. The highest BCUT2D eigenvalue weighted by Crippen LogP contribution is 2.31. The average Bonchev–Trinajstić information content (AvgIpc) is 2.39. The van der Waals surface area contributed by atoms with E-state index in [-0.39, 0.29) is 0 Å². The number of methoxy groups -OCH3 is 1. The van der Waals surface area contributed by atoms with E-state index in [1.54, 1.807) is 7.11 Å². The second-order valence-electron chi connectivity index (χ2n) is 3.71. The first kappa shape index (κ1) is 12.1. The highest BCUT2D eigenvalue weighted by atomic mass is 79.9. The molecule has 2 aromatic carbocycles. The minimum atomic E-state index is 0.517. The fourth-order valence-corrected chi connectivity index (χ4v) is 2.19. The number of hydrogen-bond donors (Lipinski definition) is 1. The zero-order valence-corrected chi connectivity index (χ0v) is 11.2. The standard InChI is InChI=1S/C14H14BrNO/c1-17-14-5-3-2-4-12(14)10-6-7-13(15)11(8-10)9-16/h2-8H,9,16H2,1H3. The summed E-state index contributed by atoms with van der Waals surface area (Å²) >= 11 is 3.49. The molecule has 3 heteroatoms. The molecule has 0 unspecified atom stereocenters. The summed E-state index contributed by atoms with van der Waals surface area (Å²) in [4.78, 5) is 0. The van der Waals surface area contributed by atoms with E-state index < -0.39 is 0 Å². The Kier molecular flexibility index (Phi) is 3.82. The zero-order valence-electron chi connectivity index (χ0n) is 9.61. The van der Waals surface area contributed by atoms with Gasteiger partial charge < -0.3 is 10.5 Å². The first-order valence-corrected chi connectivity index (χ1v) is 6.17. The molecule has 0 atom stereocenters. The van der Waals surface area contributed by atoms with Gasteiger partial charge in [0.05, 0.1) is 7.11 Å². The van der Waals surface area contributed by atoms with Gasteiger partial charge >= 0.3 is 0 Å². The summed E-state index contributed by atoms with van der Waals surface area (Å²) in [7, 11) is 1.68. The Balaban J connectivity index is 2.53. The molecule has 0 fully saturated rings. The van der Waals surface area contributed by atoms with Crippen molar-refractivity contribution in [3.05, 3.63) is 52.5 Å². The van der Waals surface area contributed by atoms with Gasteiger partial charge in [0.25, 0.3) is 0 Å². The van der Waals surface area contributed by atoms with Gasteiger partial charge in [-0.2, -0.15) is 0 Å². The summed E-state index contributed by atoms with van der Waals surface area (Å²) in [6.07, 6.45) is 0. The quantitative estimate of drug-likeness (QED) is 0.938. The smallest absolute Gasteiger partial charge is 0.126 e. The summed E-state index contributed by atoms with van der Waals surface area (Å²) in [6.45, 7) is 0.517. The predicted molar refractivity (Wildman–Crippen MR) is 74.0 cm³/mol. The maximum atomic E-state index is 5.71. The summed E-state index contributed by atoms with van der Waals surface area (Å²) in [6, 6.07) is 14.1. The largest absolute Gasteiger partial charge is 0.496 e. The Morgan fingerprint density at radius 2 is 1.94 bits per heavy atom. The first-order chi connectivity index (χ1) is 8.26. The molecule has 0 saturated carbocycles. The molecule has 0 aromatic heterocycles. The number of rotatable bonds is 3. The number of halogens is 1. The number of para-hydroxylation sites is 1. The van der Waals surface area contributed by atoms with E-state index in [1.807, 2.05) is 30.3 Å². The second-order valence-corrected chi connectivity index (χ2v) is 4.56. The molecule has 88 valence electrons. The third-order valence-electron chi connectivity index (χ3n) is 2.68. The minimum absolute atomic E-state index is 0.517. The van der Waals surface area contributed by atoms with Crippen molar-refractivity contribution in [2.24, 2.45) is 5.73 Å². The fraction of sp³-hybridized carbons (Fsp3) is 0.143. The fourth-order valence-electron chi connectivity index (χ4n) is 1.78. The summed E-state index contributed by atoms with van der Waals surface area (Å²) < 4.78 is 6.40. The Bertz CT molecular complexity index is 525. The van der Waals surface area contributed by atoms with Crippen molar-refractivity contribution in [2.75, 3.05) is 7.11 Å². The van der Waals surface area contributed by atoms with Crippen molar-refractivity contribution < 1.29 is 4.74 Å². The molecule has 0 bridgehead atoms. The van der Waals surface area contributed by atoms with Crippen molar-refractivity contribution in [3.8, 4) is 16.9 Å². The molecule has 0 amide bonds. The summed E-state index contributed by atoms with van der Waals surface area (Å²) in [5.74, 6) is 0.873. The first-order valence-electron chi connectivity index (χ1n) is 5.38. The molecule has 0 spiro atoms. The van der Waals surface area contributed by atoms with Crippen molar-refractivity contribution in [2.45, 2.75) is 6.54 Å². The van der Waals surface area contributed by atoms with Crippen LogP contribution in [-0.2, 0) is 6.54 Å². The van der Waals surface area contributed by atoms with Crippen LogP contribution in [0.3, 0.4) is 0 Å². The molecule has 2 aromatic rings. The van der Waals surface area contributed by atoms with Crippen LogP contribution in [0.5, 0.6) is 5.75 Å². The molecule has 0 heterocycles. The minimum Gasteiger partial charge on any atom is -0.496 e. The lowest BCUT2D eigenvalue weighted by Crippen LogP contribution is -1.98. The third-order valence-corrected chi connectivity index (χ3v) is 3.46. The Labute approximate surface area is 110 Å². The second kappa shape index (κ2) is 5.34. The molecule has 0 aliphatic rings. The van der Waals surface area contributed by atoms with Gasteiger partial charge in [0, 0.05) is 16.6 Å². The van der Waals surface area contributed by atoms with Crippen LogP contribution in [-0.4, -0.2) is 7.11 Å². The van der Waals surface area contributed by atoms with Crippen LogP contribution in [0.15, 0.2) is 46.9 Å². The molecule has 17 heavy (non-hydrogen) atoms. The van der Waals surface area contributed by atoms with Crippen molar-refractivity contribution >= 4 is 15.9 Å². The summed E-state index contributed by atoms with van der Waals surface area (Å²) in [5, 5.41) is 0. The molecule has 0 aliphatic carbocycles. The van der Waals surface area contributed by atoms with Gasteiger partial charge in [-0.05, 0) is 29.3 Å². The van der Waals surface area contributed by atoms with Crippen LogP contribution in [0.25, 0.3) is 11.1 Å². The van der Waals surface area contributed by atoms with Gasteiger partial charge in [0.2, 0.25) is 0 Å². The SMILES string of the molecule is COc1ccccc1-c1ccc(Br)c(CN)c1. The van der Waals surface area contributed by atoms with Crippen LogP contribution >= 0.6 is 15.9 Å². The molecule has 2 nitrogen and oxygen atoms in total. The maximum absolute atomic E-state index is 5.71. The Morgan fingerprint density at radius 3 is 2.65 bits per heavy atom. The van der Waals surface area contributed by atoms with Gasteiger partial charge in [0.1, 0.15) is 5.75 Å². The van der Waals surface area contributed by atoms with Gasteiger partial charge in [-0.15, -0.1) is 0 Å². The Hall–Kier alpha value is -1.32. The van der Waals surface area contributed by atoms with Crippen LogP contribution in [0.1, 0.15) is 5.56 Å². The van der Waals surface area contributed by atoms with Crippen molar-refractivity contribution in [3.63, 3.8) is 0 Å². The predicted octanol–water partition coefficient (Wildman–Crippen LogP) is 3.58. The van der Waals surface area contributed by atoms with E-state index in [2.05, 4.69) is 28.1 Å². The van der Waals surface area contributed by atoms with Crippen molar-refractivity contribution in [1.29, 1.82) is 0 Å². The highest BCUT2D eigenvalue weighted by molar-refractivity contribution is 9.10. The Morgan fingerprint density at radius 1 is 1.18 bits per heavy atom. The van der Waals surface area contributed by atoms with E-state index in [0.717, 1.165) is 26.9 Å². The number of ether oxygens (including phenoxy) is 1. The van der Waals surface area contributed by atoms with Gasteiger partial charge in [0.15, 0.2) is 0 Å². The monoisotopic (exact) mass is 291 g/mol. The van der Waals surface area contributed by atoms with Gasteiger partial charge in [-0.3, -0.25) is 0 Å². The molecule has 0 radical (unpaired) electrons. The van der Waals surface area contributed by atoms with E-state index in [9.17, 15) is 0 Å². The third kappa shape index (κ3) is 2.51. The lowest BCUT2D eigenvalue weighted by Gasteiger charge is -2.10. The summed E-state index contributed by atoms with van der Waals surface area (Å²) in [5.41, 5.74) is 9.00. The van der Waals surface area contributed by atoms with Gasteiger partial charge in [-0.25, -0.2) is 0 Å². The normalized spacial score (nSPS) is 10.3. The molecule has 0 aliphatic heterocycles.